The number of aromatic amines is 1. The summed E-state index contributed by atoms with van der Waals surface area (Å²) in [5.41, 5.74) is 0.650. The second kappa shape index (κ2) is 7.59. The highest BCUT2D eigenvalue weighted by molar-refractivity contribution is 5.92. The van der Waals surface area contributed by atoms with Crippen molar-refractivity contribution >= 4 is 5.91 Å². The van der Waals surface area contributed by atoms with E-state index in [0.717, 1.165) is 63.9 Å². The van der Waals surface area contributed by atoms with E-state index in [1.807, 2.05) is 24.1 Å². The zero-order valence-electron chi connectivity index (χ0n) is 15.2. The van der Waals surface area contributed by atoms with Gasteiger partial charge in [-0.1, -0.05) is 0 Å². The van der Waals surface area contributed by atoms with Gasteiger partial charge in [-0.15, -0.1) is 10.2 Å². The van der Waals surface area contributed by atoms with Crippen LogP contribution in [0.25, 0.3) is 0 Å². The van der Waals surface area contributed by atoms with Gasteiger partial charge in [-0.3, -0.25) is 9.69 Å². The Kier molecular flexibility index (Phi) is 5.03. The minimum absolute atomic E-state index is 0.0652. The predicted octanol–water partition coefficient (Wildman–Crippen LogP) is 0.995. The van der Waals surface area contributed by atoms with Crippen LogP contribution in [0.4, 0.5) is 0 Å². The Balaban J connectivity index is 1.44. The molecule has 26 heavy (non-hydrogen) atoms. The first-order valence-electron chi connectivity index (χ1n) is 9.33. The Morgan fingerprint density at radius 1 is 1.31 bits per heavy atom. The van der Waals surface area contributed by atoms with Crippen LogP contribution >= 0.6 is 0 Å². The van der Waals surface area contributed by atoms with Gasteiger partial charge in [0.05, 0.1) is 19.8 Å². The second-order valence-corrected chi connectivity index (χ2v) is 7.10. The molecule has 2 aliphatic rings. The number of rotatable bonds is 4. The van der Waals surface area contributed by atoms with Gasteiger partial charge in [0.25, 0.3) is 5.91 Å². The number of ether oxygens (including phenoxy) is 1. The molecule has 0 radical (unpaired) electrons. The fraction of sp³-hybridized carbons (Fsp3) is 0.611. The monoisotopic (exact) mass is 358 g/mol. The number of piperidine rings is 1. The predicted molar refractivity (Wildman–Crippen MR) is 95.8 cm³/mol. The number of likely N-dealkylation sites (tertiary alicyclic amines) is 1. The maximum atomic E-state index is 12.6. The van der Waals surface area contributed by atoms with Gasteiger partial charge in [-0.05, 0) is 25.0 Å². The lowest BCUT2D eigenvalue weighted by atomic mass is 9.97. The molecule has 1 N–H and O–H groups in total. The summed E-state index contributed by atoms with van der Waals surface area (Å²) in [5, 5.41) is 8.90. The third-order valence-corrected chi connectivity index (χ3v) is 5.37. The molecule has 0 bridgehead atoms. The molecule has 4 heterocycles. The first-order chi connectivity index (χ1) is 12.7. The molecular formula is C18H26N6O2. The summed E-state index contributed by atoms with van der Waals surface area (Å²) in [7, 11) is 2.04. The molecule has 4 rings (SSSR count). The van der Waals surface area contributed by atoms with Gasteiger partial charge in [0.2, 0.25) is 0 Å². The second-order valence-electron chi connectivity index (χ2n) is 7.10. The van der Waals surface area contributed by atoms with E-state index in [-0.39, 0.29) is 11.8 Å². The van der Waals surface area contributed by atoms with Gasteiger partial charge in [0, 0.05) is 45.3 Å². The number of hydrogen-bond acceptors (Lipinski definition) is 5. The van der Waals surface area contributed by atoms with E-state index in [9.17, 15) is 4.79 Å². The summed E-state index contributed by atoms with van der Waals surface area (Å²) in [6.07, 6.45) is 3.82. The number of morpholine rings is 1. The Labute approximate surface area is 153 Å². The van der Waals surface area contributed by atoms with Gasteiger partial charge in [-0.2, -0.15) is 0 Å². The summed E-state index contributed by atoms with van der Waals surface area (Å²) >= 11 is 0. The highest BCUT2D eigenvalue weighted by Gasteiger charge is 2.29. The van der Waals surface area contributed by atoms with Crippen molar-refractivity contribution in [2.45, 2.75) is 25.3 Å². The van der Waals surface area contributed by atoms with Crippen molar-refractivity contribution in [3.8, 4) is 0 Å². The molecule has 0 aromatic carbocycles. The summed E-state index contributed by atoms with van der Waals surface area (Å²) in [5.74, 6) is 2.26. The van der Waals surface area contributed by atoms with Crippen LogP contribution in [-0.2, 0) is 18.3 Å². The topological polar surface area (TPSA) is 79.3 Å². The lowest BCUT2D eigenvalue weighted by Crippen LogP contribution is -2.40. The molecule has 2 saturated heterocycles. The molecule has 0 aliphatic carbocycles. The van der Waals surface area contributed by atoms with Crippen LogP contribution in [0.3, 0.4) is 0 Å². The number of hydrogen-bond donors (Lipinski definition) is 1. The van der Waals surface area contributed by atoms with Crippen LogP contribution in [0.1, 0.15) is 40.9 Å². The first kappa shape index (κ1) is 17.2. The minimum Gasteiger partial charge on any atom is -0.379 e. The minimum atomic E-state index is 0.0652. The lowest BCUT2D eigenvalue weighted by Gasteiger charge is -2.32. The van der Waals surface area contributed by atoms with Crippen molar-refractivity contribution in [3.63, 3.8) is 0 Å². The highest BCUT2D eigenvalue weighted by Crippen LogP contribution is 2.26. The van der Waals surface area contributed by atoms with Gasteiger partial charge in [-0.25, -0.2) is 0 Å². The Morgan fingerprint density at radius 3 is 2.92 bits per heavy atom. The maximum absolute atomic E-state index is 12.6. The standard InChI is InChI=1S/C18H26N6O2/c1-22-16(13-23-8-10-26-11-9-23)20-21-17(22)14-4-3-7-24(12-14)18(25)15-5-2-6-19-15/h2,5-6,14,19H,3-4,7-13H2,1H3/t14-/m0/s1. The molecule has 2 aromatic heterocycles. The van der Waals surface area contributed by atoms with Crippen LogP contribution in [0.5, 0.6) is 0 Å². The van der Waals surface area contributed by atoms with Gasteiger partial charge < -0.3 is 19.2 Å². The van der Waals surface area contributed by atoms with E-state index in [1.165, 1.54) is 0 Å². The maximum Gasteiger partial charge on any atom is 0.270 e. The molecule has 0 saturated carbocycles. The smallest absolute Gasteiger partial charge is 0.270 e. The Hall–Kier alpha value is -2.19. The summed E-state index contributed by atoms with van der Waals surface area (Å²) < 4.78 is 7.52. The third kappa shape index (κ3) is 3.52. The van der Waals surface area contributed by atoms with E-state index in [2.05, 4.69) is 24.6 Å². The van der Waals surface area contributed by atoms with Crippen LogP contribution in [0.15, 0.2) is 18.3 Å². The molecule has 1 atom stereocenters. The molecule has 1 amide bonds. The number of aromatic nitrogens is 4. The molecule has 2 fully saturated rings. The first-order valence-corrected chi connectivity index (χ1v) is 9.33. The van der Waals surface area contributed by atoms with Gasteiger partial charge in [0.15, 0.2) is 0 Å². The fourth-order valence-corrected chi connectivity index (χ4v) is 3.83. The van der Waals surface area contributed by atoms with Crippen molar-refractivity contribution < 1.29 is 9.53 Å². The van der Waals surface area contributed by atoms with Crippen molar-refractivity contribution in [2.24, 2.45) is 7.05 Å². The zero-order valence-corrected chi connectivity index (χ0v) is 15.2. The number of carbonyl (C=O) groups is 1. The molecule has 2 aromatic rings. The SMILES string of the molecule is Cn1c(CN2CCOCC2)nnc1[C@H]1CCCN(C(=O)c2ccc[nH]2)C1. The summed E-state index contributed by atoms with van der Waals surface area (Å²) in [6, 6.07) is 3.68. The number of H-pyrrole nitrogens is 1. The van der Waals surface area contributed by atoms with Crippen molar-refractivity contribution in [1.82, 2.24) is 29.5 Å². The van der Waals surface area contributed by atoms with E-state index in [4.69, 9.17) is 4.74 Å². The molecule has 140 valence electrons. The molecule has 8 heteroatoms. The summed E-state index contributed by atoms with van der Waals surface area (Å²) in [6.45, 7) is 5.72. The van der Waals surface area contributed by atoms with E-state index in [0.29, 0.717) is 12.2 Å². The average Bonchev–Trinajstić information content (AvgIpc) is 3.33. The molecule has 8 nitrogen and oxygen atoms in total. The van der Waals surface area contributed by atoms with Crippen LogP contribution in [0.2, 0.25) is 0 Å². The largest absolute Gasteiger partial charge is 0.379 e. The highest BCUT2D eigenvalue weighted by atomic mass is 16.5. The van der Waals surface area contributed by atoms with E-state index in [1.54, 1.807) is 6.20 Å². The number of carbonyl (C=O) groups excluding carboxylic acids is 1. The normalized spacial score (nSPS) is 21.9. The Bertz CT molecular complexity index is 735. The van der Waals surface area contributed by atoms with Crippen molar-refractivity contribution in [2.75, 3.05) is 39.4 Å². The van der Waals surface area contributed by atoms with Gasteiger partial charge in [0.1, 0.15) is 17.3 Å². The molecule has 2 aliphatic heterocycles. The zero-order chi connectivity index (χ0) is 17.9. The number of amides is 1. The van der Waals surface area contributed by atoms with Crippen LogP contribution in [0, 0.1) is 0 Å². The Morgan fingerprint density at radius 2 is 2.15 bits per heavy atom. The molecule has 0 spiro atoms. The number of nitrogens with zero attached hydrogens (tertiary/aromatic N) is 5. The van der Waals surface area contributed by atoms with Gasteiger partial charge >= 0.3 is 0 Å². The lowest BCUT2D eigenvalue weighted by molar-refractivity contribution is 0.0326. The van der Waals surface area contributed by atoms with Crippen molar-refractivity contribution in [1.29, 1.82) is 0 Å². The average molecular weight is 358 g/mol. The third-order valence-electron chi connectivity index (χ3n) is 5.37. The van der Waals surface area contributed by atoms with Crippen LogP contribution < -0.4 is 0 Å². The quantitative estimate of drug-likeness (QED) is 0.882. The fourth-order valence-electron chi connectivity index (χ4n) is 3.83. The van der Waals surface area contributed by atoms with Crippen LogP contribution in [-0.4, -0.2) is 74.8 Å². The molecular weight excluding hydrogens is 332 g/mol. The van der Waals surface area contributed by atoms with E-state index >= 15 is 0 Å². The summed E-state index contributed by atoms with van der Waals surface area (Å²) in [4.78, 5) is 19.9. The number of nitrogens with one attached hydrogen (secondary N) is 1. The molecule has 0 unspecified atom stereocenters. The van der Waals surface area contributed by atoms with Crippen molar-refractivity contribution in [3.05, 3.63) is 35.7 Å². The van der Waals surface area contributed by atoms with E-state index < -0.39 is 0 Å².